The minimum atomic E-state index is -5.05. The molecular formula is C35H41F5N8O2. The molecule has 0 atom stereocenters. The zero-order chi connectivity index (χ0) is 36.5. The molecule has 0 unspecified atom stereocenters. The highest BCUT2D eigenvalue weighted by molar-refractivity contribution is 6.06. The van der Waals surface area contributed by atoms with Crippen molar-refractivity contribution in [1.82, 2.24) is 19.8 Å². The van der Waals surface area contributed by atoms with E-state index in [1.165, 1.54) is 23.3 Å². The number of hydrogen-bond acceptors (Lipinski definition) is 9. The van der Waals surface area contributed by atoms with Crippen molar-refractivity contribution >= 4 is 45.1 Å². The Labute approximate surface area is 286 Å². The molecule has 2 fully saturated rings. The summed E-state index contributed by atoms with van der Waals surface area (Å²) >= 11 is 0. The number of likely N-dealkylation sites (tertiary alicyclic amines) is 1. The second-order valence-electron chi connectivity index (χ2n) is 14.6. The molecule has 0 saturated carbocycles. The van der Waals surface area contributed by atoms with E-state index in [-0.39, 0.29) is 63.2 Å². The second kappa shape index (κ2) is 12.4. The first-order valence-corrected chi connectivity index (χ1v) is 16.3. The molecule has 1 amide bonds. The van der Waals surface area contributed by atoms with Gasteiger partial charge in [-0.1, -0.05) is 0 Å². The fourth-order valence-corrected chi connectivity index (χ4v) is 6.74. The number of ether oxygens (including phenoxy) is 1. The number of piperidine rings is 1. The number of hydrazine groups is 1. The summed E-state index contributed by atoms with van der Waals surface area (Å²) in [5.74, 6) is 4.96. The number of alkyl halides is 3. The van der Waals surface area contributed by atoms with Crippen LogP contribution < -0.4 is 21.5 Å². The van der Waals surface area contributed by atoms with Gasteiger partial charge in [0.25, 0.3) is 0 Å². The molecule has 4 heterocycles. The largest absolute Gasteiger partial charge is 0.444 e. The van der Waals surface area contributed by atoms with Crippen molar-refractivity contribution in [2.24, 2.45) is 5.84 Å². The van der Waals surface area contributed by atoms with Crippen LogP contribution in [-0.4, -0.2) is 83.3 Å². The van der Waals surface area contributed by atoms with E-state index in [1.807, 2.05) is 30.8 Å². The average molecular weight is 701 g/mol. The maximum Gasteiger partial charge on any atom is 0.417 e. The molecule has 0 radical (unpaired) electrons. The highest BCUT2D eigenvalue weighted by Crippen LogP contribution is 2.48. The maximum absolute atomic E-state index is 17.0. The van der Waals surface area contributed by atoms with E-state index < -0.39 is 46.7 Å². The molecule has 4 aromatic rings. The van der Waals surface area contributed by atoms with E-state index in [0.29, 0.717) is 25.9 Å². The number of likely N-dealkylation sites (N-methyl/N-ethyl adjacent to an activating group) is 1. The molecule has 268 valence electrons. The van der Waals surface area contributed by atoms with Crippen LogP contribution in [0, 0.1) is 11.6 Å². The predicted octanol–water partition coefficient (Wildman–Crippen LogP) is 6.55. The standard InChI is InChI=1S/C35H41F5N8O2/c1-33(2,3)50-32(49)46-14-11-19(12-15-46)48(42)30-22-16-23(35(38,39)40)25(21-9-10-24(36)20-8-7-13-43-28(20)21)26(37)29(22)44-31(27(30)41)47-17-34(4,18-47)45(5)6/h7-10,13,16,19H,11-12,14-15,17-18,41-42H2,1-6H3. The van der Waals surface area contributed by atoms with Crippen LogP contribution in [0.25, 0.3) is 32.9 Å². The number of carbonyl (C=O) groups excluding carboxylic acids is 1. The summed E-state index contributed by atoms with van der Waals surface area (Å²) < 4.78 is 82.2. The van der Waals surface area contributed by atoms with Gasteiger partial charge in [-0.2, -0.15) is 13.2 Å². The van der Waals surface area contributed by atoms with E-state index >= 15 is 4.39 Å². The molecule has 6 rings (SSSR count). The Morgan fingerprint density at radius 3 is 2.30 bits per heavy atom. The number of nitrogen functional groups attached to an aromatic ring is 1. The number of fused-ring (bicyclic) bond motifs is 2. The zero-order valence-electron chi connectivity index (χ0n) is 28.8. The molecular weight excluding hydrogens is 659 g/mol. The van der Waals surface area contributed by atoms with Crippen molar-refractivity contribution in [1.29, 1.82) is 0 Å². The first kappa shape index (κ1) is 35.3. The van der Waals surface area contributed by atoms with Crippen LogP contribution in [-0.2, 0) is 10.9 Å². The van der Waals surface area contributed by atoms with Gasteiger partial charge < -0.3 is 30.2 Å². The molecule has 0 bridgehead atoms. The second-order valence-corrected chi connectivity index (χ2v) is 14.6. The van der Waals surface area contributed by atoms with E-state index in [2.05, 4.69) is 9.97 Å². The summed E-state index contributed by atoms with van der Waals surface area (Å²) in [6.07, 6.45) is -3.54. The fraction of sp³-hybridized carbons (Fsp3) is 0.457. The van der Waals surface area contributed by atoms with Crippen LogP contribution in [0.15, 0.2) is 36.5 Å². The summed E-state index contributed by atoms with van der Waals surface area (Å²) in [6.45, 7) is 8.80. The van der Waals surface area contributed by atoms with Crippen molar-refractivity contribution in [3.05, 3.63) is 53.7 Å². The molecule has 2 aromatic carbocycles. The quantitative estimate of drug-likeness (QED) is 0.136. The van der Waals surface area contributed by atoms with Crippen LogP contribution >= 0.6 is 0 Å². The first-order chi connectivity index (χ1) is 23.3. The lowest BCUT2D eigenvalue weighted by Gasteiger charge is -2.52. The van der Waals surface area contributed by atoms with Gasteiger partial charge in [-0.3, -0.25) is 4.98 Å². The molecule has 2 aliphatic rings. The highest BCUT2D eigenvalue weighted by Gasteiger charge is 2.44. The smallest absolute Gasteiger partial charge is 0.417 e. The Morgan fingerprint density at radius 2 is 1.70 bits per heavy atom. The molecule has 0 aliphatic carbocycles. The molecule has 10 nitrogen and oxygen atoms in total. The number of aromatic nitrogens is 2. The number of hydrogen-bond donors (Lipinski definition) is 2. The topological polar surface area (TPSA) is 117 Å². The van der Waals surface area contributed by atoms with Crippen LogP contribution in [0.5, 0.6) is 0 Å². The lowest BCUT2D eigenvalue weighted by Crippen LogP contribution is -2.67. The average Bonchev–Trinajstić information content (AvgIpc) is 3.02. The van der Waals surface area contributed by atoms with Crippen molar-refractivity contribution < 1.29 is 31.5 Å². The monoisotopic (exact) mass is 700 g/mol. The van der Waals surface area contributed by atoms with E-state index in [4.69, 9.17) is 16.3 Å². The third-order valence-electron chi connectivity index (χ3n) is 9.71. The Hall–Kier alpha value is -4.50. The number of anilines is 3. The summed E-state index contributed by atoms with van der Waals surface area (Å²) in [5.41, 5.74) is 2.94. The zero-order valence-corrected chi connectivity index (χ0v) is 28.8. The normalized spacial score (nSPS) is 17.1. The molecule has 4 N–H and O–H groups in total. The number of carbonyl (C=O) groups is 1. The molecule has 2 aliphatic heterocycles. The van der Waals surface area contributed by atoms with Gasteiger partial charge in [-0.05, 0) is 85.0 Å². The van der Waals surface area contributed by atoms with Gasteiger partial charge in [0.1, 0.15) is 22.6 Å². The lowest BCUT2D eigenvalue weighted by molar-refractivity contribution is -0.137. The Kier molecular flexibility index (Phi) is 8.74. The van der Waals surface area contributed by atoms with Gasteiger partial charge >= 0.3 is 12.3 Å². The number of halogens is 5. The van der Waals surface area contributed by atoms with Crippen molar-refractivity contribution in [2.45, 2.75) is 63.9 Å². The Balaban J connectivity index is 1.53. The summed E-state index contributed by atoms with van der Waals surface area (Å²) in [6, 6.07) is 5.24. The summed E-state index contributed by atoms with van der Waals surface area (Å²) in [5, 5.41) is 1.000. The van der Waals surface area contributed by atoms with Gasteiger partial charge in [0.05, 0.1) is 22.3 Å². The number of benzene rings is 2. The SMILES string of the molecule is CN(C)C1(C)CN(c2nc3c(F)c(-c4ccc(F)c5cccnc45)c(C(F)(F)F)cc3c(N(N)C3CCN(C(=O)OC(C)(C)C)CC3)c2N)C1. The molecule has 0 spiro atoms. The molecule has 50 heavy (non-hydrogen) atoms. The van der Waals surface area contributed by atoms with Gasteiger partial charge in [-0.15, -0.1) is 0 Å². The third kappa shape index (κ3) is 6.21. The lowest BCUT2D eigenvalue weighted by atomic mass is 9.90. The number of nitrogens with zero attached hydrogens (tertiary/aromatic N) is 6. The molecule has 15 heteroatoms. The minimum absolute atomic E-state index is 0.00258. The fourth-order valence-electron chi connectivity index (χ4n) is 6.74. The molecule has 2 aromatic heterocycles. The predicted molar refractivity (Wildman–Crippen MR) is 184 cm³/mol. The van der Waals surface area contributed by atoms with E-state index in [1.54, 1.807) is 25.7 Å². The summed E-state index contributed by atoms with van der Waals surface area (Å²) in [7, 11) is 3.85. The van der Waals surface area contributed by atoms with Gasteiger partial charge in [0.15, 0.2) is 11.6 Å². The Morgan fingerprint density at radius 1 is 1.04 bits per heavy atom. The van der Waals surface area contributed by atoms with Crippen LogP contribution in [0.2, 0.25) is 0 Å². The minimum Gasteiger partial charge on any atom is -0.444 e. The number of rotatable bonds is 5. The van der Waals surface area contributed by atoms with E-state index in [9.17, 15) is 22.4 Å². The van der Waals surface area contributed by atoms with Crippen LogP contribution in [0.4, 0.5) is 43.9 Å². The Bertz CT molecular complexity index is 1970. The highest BCUT2D eigenvalue weighted by atomic mass is 19.4. The third-order valence-corrected chi connectivity index (χ3v) is 9.71. The van der Waals surface area contributed by atoms with Crippen molar-refractivity contribution in [3.8, 4) is 11.1 Å². The van der Waals surface area contributed by atoms with Gasteiger partial charge in [-0.25, -0.2) is 24.4 Å². The number of amides is 1. The van der Waals surface area contributed by atoms with Crippen molar-refractivity contribution in [3.63, 3.8) is 0 Å². The molecule has 2 saturated heterocycles. The van der Waals surface area contributed by atoms with E-state index in [0.717, 1.165) is 18.2 Å². The van der Waals surface area contributed by atoms with Crippen molar-refractivity contribution in [2.75, 3.05) is 55.9 Å². The maximum atomic E-state index is 17.0. The first-order valence-electron chi connectivity index (χ1n) is 16.3. The number of nitrogens with two attached hydrogens (primary N) is 2. The van der Waals surface area contributed by atoms with Crippen LogP contribution in [0.3, 0.4) is 0 Å². The number of pyridine rings is 2. The van der Waals surface area contributed by atoms with Gasteiger partial charge in [0, 0.05) is 60.3 Å². The van der Waals surface area contributed by atoms with Crippen LogP contribution in [0.1, 0.15) is 46.1 Å². The van der Waals surface area contributed by atoms with Gasteiger partial charge in [0.2, 0.25) is 0 Å². The summed E-state index contributed by atoms with van der Waals surface area (Å²) in [4.78, 5) is 26.8.